The summed E-state index contributed by atoms with van der Waals surface area (Å²) in [5.74, 6) is 1.53. The molecule has 1 fully saturated rings. The van der Waals surface area contributed by atoms with E-state index in [0.717, 1.165) is 36.3 Å². The number of hydrogen-bond acceptors (Lipinski definition) is 6. The largest absolute Gasteiger partial charge is 0.385 e. The highest BCUT2D eigenvalue weighted by Crippen LogP contribution is 2.31. The fourth-order valence-corrected chi connectivity index (χ4v) is 3.44. The SMILES string of the molecule is CC1OCCC1(O)CNc1nc(-c2cccnc2)nc2c1CCC2. The van der Waals surface area contributed by atoms with Crippen LogP contribution >= 0.6 is 0 Å². The zero-order chi connectivity index (χ0) is 16.6. The third-order valence-electron chi connectivity index (χ3n) is 5.07. The minimum atomic E-state index is -0.842. The van der Waals surface area contributed by atoms with Crippen LogP contribution in [0, 0.1) is 0 Å². The van der Waals surface area contributed by atoms with Gasteiger partial charge in [-0.25, -0.2) is 9.97 Å². The van der Waals surface area contributed by atoms with Gasteiger partial charge in [0.2, 0.25) is 0 Å². The molecule has 24 heavy (non-hydrogen) atoms. The Balaban J connectivity index is 1.64. The predicted octanol–water partition coefficient (Wildman–Crippen LogP) is 1.98. The quantitative estimate of drug-likeness (QED) is 0.894. The van der Waals surface area contributed by atoms with E-state index in [1.807, 2.05) is 19.1 Å². The van der Waals surface area contributed by atoms with Crippen LogP contribution in [-0.4, -0.2) is 44.9 Å². The van der Waals surface area contributed by atoms with Gasteiger partial charge in [0.1, 0.15) is 11.4 Å². The average Bonchev–Trinajstić information content (AvgIpc) is 3.21. The Hall–Kier alpha value is -2.05. The zero-order valence-corrected chi connectivity index (χ0v) is 13.8. The Labute approximate surface area is 141 Å². The van der Waals surface area contributed by atoms with Crippen molar-refractivity contribution < 1.29 is 9.84 Å². The van der Waals surface area contributed by atoms with Gasteiger partial charge in [-0.2, -0.15) is 0 Å². The summed E-state index contributed by atoms with van der Waals surface area (Å²) in [6.07, 6.45) is 7.05. The lowest BCUT2D eigenvalue weighted by atomic mass is 9.96. The molecule has 0 bridgehead atoms. The van der Waals surface area contributed by atoms with Crippen LogP contribution in [-0.2, 0) is 17.6 Å². The number of fused-ring (bicyclic) bond motifs is 1. The Kier molecular flexibility index (Phi) is 3.94. The van der Waals surface area contributed by atoms with Crippen LogP contribution in [0.4, 0.5) is 5.82 Å². The average molecular weight is 326 g/mol. The van der Waals surface area contributed by atoms with Crippen molar-refractivity contribution in [3.8, 4) is 11.4 Å². The van der Waals surface area contributed by atoms with E-state index >= 15 is 0 Å². The molecule has 2 N–H and O–H groups in total. The van der Waals surface area contributed by atoms with Gasteiger partial charge in [0.15, 0.2) is 5.82 Å². The van der Waals surface area contributed by atoms with E-state index < -0.39 is 5.60 Å². The summed E-state index contributed by atoms with van der Waals surface area (Å²) in [4.78, 5) is 13.6. The van der Waals surface area contributed by atoms with E-state index in [1.165, 1.54) is 5.56 Å². The van der Waals surface area contributed by atoms with Gasteiger partial charge in [-0.05, 0) is 38.3 Å². The van der Waals surface area contributed by atoms with Gasteiger partial charge in [0.05, 0.1) is 6.10 Å². The number of aryl methyl sites for hydroxylation is 1. The predicted molar refractivity (Wildman–Crippen MR) is 90.8 cm³/mol. The lowest BCUT2D eigenvalue weighted by Crippen LogP contribution is -2.43. The molecule has 4 rings (SSSR count). The maximum absolute atomic E-state index is 10.7. The van der Waals surface area contributed by atoms with Crippen molar-refractivity contribution in [1.29, 1.82) is 0 Å². The number of ether oxygens (including phenoxy) is 1. The second-order valence-electron chi connectivity index (χ2n) is 6.64. The van der Waals surface area contributed by atoms with Gasteiger partial charge in [-0.15, -0.1) is 0 Å². The van der Waals surface area contributed by atoms with Crippen LogP contribution in [0.3, 0.4) is 0 Å². The molecular formula is C18H22N4O2. The molecule has 126 valence electrons. The standard InChI is InChI=1S/C18H22N4O2/c1-12-18(23,7-9-24-12)11-20-17-14-5-2-6-15(14)21-16(22-17)13-4-3-8-19-10-13/h3-4,8,10,12,23H,2,5-7,9,11H2,1H3,(H,20,21,22). The third kappa shape index (κ3) is 2.76. The monoisotopic (exact) mass is 326 g/mol. The number of aromatic nitrogens is 3. The summed E-state index contributed by atoms with van der Waals surface area (Å²) < 4.78 is 5.51. The highest BCUT2D eigenvalue weighted by Gasteiger charge is 2.39. The summed E-state index contributed by atoms with van der Waals surface area (Å²) in [5.41, 5.74) is 2.35. The summed E-state index contributed by atoms with van der Waals surface area (Å²) >= 11 is 0. The molecule has 2 unspecified atom stereocenters. The lowest BCUT2D eigenvalue weighted by molar-refractivity contribution is -0.0176. The van der Waals surface area contributed by atoms with Crippen molar-refractivity contribution >= 4 is 5.82 Å². The number of hydrogen-bond donors (Lipinski definition) is 2. The molecule has 0 radical (unpaired) electrons. The highest BCUT2D eigenvalue weighted by atomic mass is 16.5. The minimum Gasteiger partial charge on any atom is -0.385 e. The Morgan fingerprint density at radius 3 is 3.04 bits per heavy atom. The Bertz CT molecular complexity index is 737. The van der Waals surface area contributed by atoms with Crippen LogP contribution in [0.25, 0.3) is 11.4 Å². The maximum atomic E-state index is 10.7. The molecule has 0 saturated carbocycles. The molecule has 2 atom stereocenters. The normalized spacial score (nSPS) is 25.7. The van der Waals surface area contributed by atoms with Crippen LogP contribution in [0.15, 0.2) is 24.5 Å². The van der Waals surface area contributed by atoms with Gasteiger partial charge in [-0.3, -0.25) is 4.98 Å². The molecule has 2 aliphatic rings. The molecule has 0 aromatic carbocycles. The molecule has 1 aliphatic heterocycles. The van der Waals surface area contributed by atoms with Crippen molar-refractivity contribution in [1.82, 2.24) is 15.0 Å². The molecule has 1 aliphatic carbocycles. The van der Waals surface area contributed by atoms with E-state index in [9.17, 15) is 5.11 Å². The smallest absolute Gasteiger partial charge is 0.163 e. The van der Waals surface area contributed by atoms with E-state index in [4.69, 9.17) is 14.7 Å². The van der Waals surface area contributed by atoms with E-state index in [-0.39, 0.29) is 6.10 Å². The first-order valence-electron chi connectivity index (χ1n) is 8.54. The molecule has 6 nitrogen and oxygen atoms in total. The zero-order valence-electron chi connectivity index (χ0n) is 13.8. The number of aliphatic hydroxyl groups is 1. The topological polar surface area (TPSA) is 80.2 Å². The van der Waals surface area contributed by atoms with Crippen molar-refractivity contribution in [3.05, 3.63) is 35.8 Å². The number of rotatable bonds is 4. The van der Waals surface area contributed by atoms with Crippen molar-refractivity contribution in [2.24, 2.45) is 0 Å². The summed E-state index contributed by atoms with van der Waals surface area (Å²) in [5, 5.41) is 14.1. The fraction of sp³-hybridized carbons (Fsp3) is 0.500. The summed E-state index contributed by atoms with van der Waals surface area (Å²) in [7, 11) is 0. The lowest BCUT2D eigenvalue weighted by Gasteiger charge is -2.27. The van der Waals surface area contributed by atoms with Gasteiger partial charge < -0.3 is 15.2 Å². The number of anilines is 1. The van der Waals surface area contributed by atoms with E-state index in [2.05, 4.69) is 10.3 Å². The van der Waals surface area contributed by atoms with E-state index in [0.29, 0.717) is 25.4 Å². The highest BCUT2D eigenvalue weighted by molar-refractivity contribution is 5.60. The van der Waals surface area contributed by atoms with Crippen LogP contribution < -0.4 is 5.32 Å². The molecule has 2 aromatic heterocycles. The molecule has 6 heteroatoms. The van der Waals surface area contributed by atoms with Crippen molar-refractivity contribution in [2.45, 2.75) is 44.3 Å². The van der Waals surface area contributed by atoms with Crippen molar-refractivity contribution in [3.63, 3.8) is 0 Å². The van der Waals surface area contributed by atoms with Gasteiger partial charge in [0.25, 0.3) is 0 Å². The first kappa shape index (κ1) is 15.5. The number of nitrogens with one attached hydrogen (secondary N) is 1. The molecular weight excluding hydrogens is 304 g/mol. The van der Waals surface area contributed by atoms with Crippen LogP contribution in [0.5, 0.6) is 0 Å². The molecule has 0 spiro atoms. The Morgan fingerprint density at radius 2 is 2.29 bits per heavy atom. The van der Waals surface area contributed by atoms with E-state index in [1.54, 1.807) is 12.4 Å². The first-order chi connectivity index (χ1) is 11.7. The third-order valence-corrected chi connectivity index (χ3v) is 5.07. The maximum Gasteiger partial charge on any atom is 0.163 e. The second-order valence-corrected chi connectivity index (χ2v) is 6.64. The molecule has 3 heterocycles. The Morgan fingerprint density at radius 1 is 1.38 bits per heavy atom. The van der Waals surface area contributed by atoms with Crippen molar-refractivity contribution in [2.75, 3.05) is 18.5 Å². The molecule has 2 aromatic rings. The van der Waals surface area contributed by atoms with Gasteiger partial charge >= 0.3 is 0 Å². The molecule has 0 amide bonds. The van der Waals surface area contributed by atoms with Crippen LogP contribution in [0.1, 0.15) is 31.0 Å². The number of pyridine rings is 1. The van der Waals surface area contributed by atoms with Gasteiger partial charge in [-0.1, -0.05) is 0 Å². The summed E-state index contributed by atoms with van der Waals surface area (Å²) in [6.45, 7) is 2.95. The minimum absolute atomic E-state index is 0.169. The van der Waals surface area contributed by atoms with Crippen LogP contribution in [0.2, 0.25) is 0 Å². The number of nitrogens with zero attached hydrogens (tertiary/aromatic N) is 3. The summed E-state index contributed by atoms with van der Waals surface area (Å²) in [6, 6.07) is 3.85. The molecule has 1 saturated heterocycles. The van der Waals surface area contributed by atoms with Gasteiger partial charge in [0, 0.05) is 48.8 Å². The first-order valence-corrected chi connectivity index (χ1v) is 8.54. The second kappa shape index (κ2) is 6.11. The fourth-order valence-electron chi connectivity index (χ4n) is 3.44.